The van der Waals surface area contributed by atoms with Crippen LogP contribution >= 0.6 is 11.8 Å². The number of fused-ring (bicyclic) bond motifs is 1. The largest absolute Gasteiger partial charge is 0.380 e. The summed E-state index contributed by atoms with van der Waals surface area (Å²) in [5.41, 5.74) is 1.25. The van der Waals surface area contributed by atoms with Gasteiger partial charge in [0.25, 0.3) is 0 Å². The zero-order valence-electron chi connectivity index (χ0n) is 8.16. The Kier molecular flexibility index (Phi) is 2.94. The Balaban J connectivity index is 2.21. The molecule has 1 aliphatic rings. The minimum atomic E-state index is 0.937. The second-order valence-electron chi connectivity index (χ2n) is 3.11. The first kappa shape index (κ1) is 9.41. The molecular weight excluding hydrogens is 190 g/mol. The molecule has 1 aromatic carbocycles. The van der Waals surface area contributed by atoms with Gasteiger partial charge in [0.1, 0.15) is 0 Å². The number of thioether (sulfide) groups is 1. The van der Waals surface area contributed by atoms with Crippen LogP contribution in [0.5, 0.6) is 0 Å². The lowest BCUT2D eigenvalue weighted by Gasteiger charge is -2.19. The molecule has 1 aromatic rings. The highest BCUT2D eigenvalue weighted by atomic mass is 32.2. The fourth-order valence-corrected chi connectivity index (χ4v) is 2.33. The maximum absolute atomic E-state index is 3.40. The van der Waals surface area contributed by atoms with Gasteiger partial charge < -0.3 is 5.32 Å². The molecule has 0 spiro atoms. The molecule has 0 amide bonds. The van der Waals surface area contributed by atoms with Gasteiger partial charge in [0, 0.05) is 22.0 Å². The Labute approximate surface area is 88.9 Å². The van der Waals surface area contributed by atoms with Gasteiger partial charge >= 0.3 is 0 Å². The zero-order chi connectivity index (χ0) is 9.80. The van der Waals surface area contributed by atoms with Crippen molar-refractivity contribution in [2.75, 3.05) is 11.9 Å². The second kappa shape index (κ2) is 4.38. The summed E-state index contributed by atoms with van der Waals surface area (Å²) in [6.45, 7) is 2.97. The van der Waals surface area contributed by atoms with Crippen LogP contribution in [0, 0.1) is 0 Å². The molecule has 0 radical (unpaired) electrons. The van der Waals surface area contributed by atoms with E-state index in [1.54, 1.807) is 0 Å². The molecule has 0 saturated carbocycles. The molecule has 0 atom stereocenters. The van der Waals surface area contributed by atoms with Crippen LogP contribution in [0.1, 0.15) is 6.92 Å². The lowest BCUT2D eigenvalue weighted by atomic mass is 10.3. The third-order valence-corrected chi connectivity index (χ3v) is 3.17. The van der Waals surface area contributed by atoms with Gasteiger partial charge in [-0.1, -0.05) is 42.1 Å². The Hall–Kier alpha value is -1.15. The SMILES string of the molecule is C/C=C\C=C1/CNc2ccccc2S1. The van der Waals surface area contributed by atoms with Crippen molar-refractivity contribution >= 4 is 17.4 Å². The third kappa shape index (κ3) is 2.02. The van der Waals surface area contributed by atoms with E-state index in [4.69, 9.17) is 0 Å². The molecule has 0 aromatic heterocycles. The van der Waals surface area contributed by atoms with Crippen molar-refractivity contribution in [1.29, 1.82) is 0 Å². The van der Waals surface area contributed by atoms with Crippen molar-refractivity contribution in [1.82, 2.24) is 0 Å². The number of nitrogens with one attached hydrogen (secondary N) is 1. The Morgan fingerprint density at radius 1 is 1.36 bits per heavy atom. The first-order chi connectivity index (χ1) is 6.90. The van der Waals surface area contributed by atoms with E-state index in [1.807, 2.05) is 24.8 Å². The number of hydrogen-bond acceptors (Lipinski definition) is 2. The maximum Gasteiger partial charge on any atom is 0.0484 e. The van der Waals surface area contributed by atoms with Crippen LogP contribution in [0.2, 0.25) is 0 Å². The minimum Gasteiger partial charge on any atom is -0.380 e. The molecule has 1 N–H and O–H groups in total. The quantitative estimate of drug-likeness (QED) is 0.747. The van der Waals surface area contributed by atoms with Gasteiger partial charge in [-0.3, -0.25) is 0 Å². The first-order valence-corrected chi connectivity index (χ1v) is 5.54. The molecule has 1 heterocycles. The van der Waals surface area contributed by atoms with E-state index < -0.39 is 0 Å². The minimum absolute atomic E-state index is 0.937. The highest BCUT2D eigenvalue weighted by Crippen LogP contribution is 2.36. The zero-order valence-corrected chi connectivity index (χ0v) is 8.97. The summed E-state index contributed by atoms with van der Waals surface area (Å²) in [5, 5.41) is 3.40. The van der Waals surface area contributed by atoms with Gasteiger partial charge in [-0.05, 0) is 19.1 Å². The van der Waals surface area contributed by atoms with Gasteiger partial charge in [-0.25, -0.2) is 0 Å². The van der Waals surface area contributed by atoms with Crippen LogP contribution in [-0.2, 0) is 0 Å². The first-order valence-electron chi connectivity index (χ1n) is 4.73. The molecule has 0 aliphatic carbocycles. The van der Waals surface area contributed by atoms with Gasteiger partial charge in [0.2, 0.25) is 0 Å². The Morgan fingerprint density at radius 3 is 3.07 bits per heavy atom. The van der Waals surface area contributed by atoms with Crippen LogP contribution in [0.25, 0.3) is 0 Å². The van der Waals surface area contributed by atoms with Gasteiger partial charge in [-0.15, -0.1) is 0 Å². The Morgan fingerprint density at radius 2 is 2.21 bits per heavy atom. The molecule has 72 valence electrons. The molecule has 0 bridgehead atoms. The average molecular weight is 203 g/mol. The van der Waals surface area contributed by atoms with Gasteiger partial charge in [-0.2, -0.15) is 0 Å². The summed E-state index contributed by atoms with van der Waals surface area (Å²) in [4.78, 5) is 2.68. The van der Waals surface area contributed by atoms with E-state index in [9.17, 15) is 0 Å². The van der Waals surface area contributed by atoms with Crippen LogP contribution in [-0.4, -0.2) is 6.54 Å². The Bertz CT molecular complexity index is 380. The summed E-state index contributed by atoms with van der Waals surface area (Å²) in [5.74, 6) is 0. The van der Waals surface area contributed by atoms with E-state index in [1.165, 1.54) is 15.5 Å². The smallest absolute Gasteiger partial charge is 0.0484 e. The predicted molar refractivity (Wildman–Crippen MR) is 63.7 cm³/mol. The lowest BCUT2D eigenvalue weighted by molar-refractivity contribution is 1.24. The molecule has 1 aliphatic heterocycles. The van der Waals surface area contributed by atoms with Gasteiger partial charge in [0.05, 0.1) is 0 Å². The van der Waals surface area contributed by atoms with Crippen LogP contribution in [0.3, 0.4) is 0 Å². The summed E-state index contributed by atoms with van der Waals surface area (Å²) in [6.07, 6.45) is 6.29. The van der Waals surface area contributed by atoms with E-state index in [-0.39, 0.29) is 0 Å². The second-order valence-corrected chi connectivity index (χ2v) is 4.28. The summed E-state index contributed by atoms with van der Waals surface area (Å²) < 4.78 is 0. The van der Waals surface area contributed by atoms with Crippen molar-refractivity contribution in [3.63, 3.8) is 0 Å². The lowest BCUT2D eigenvalue weighted by Crippen LogP contribution is -2.08. The van der Waals surface area contributed by atoms with E-state index in [0.717, 1.165) is 6.54 Å². The molecule has 0 fully saturated rings. The summed E-state index contributed by atoms with van der Waals surface area (Å²) >= 11 is 1.84. The van der Waals surface area contributed by atoms with E-state index >= 15 is 0 Å². The molecule has 1 nitrogen and oxygen atoms in total. The molecule has 0 saturated heterocycles. The highest BCUT2D eigenvalue weighted by molar-refractivity contribution is 8.03. The topological polar surface area (TPSA) is 12.0 Å². The number of hydrogen-bond donors (Lipinski definition) is 1. The summed E-state index contributed by atoms with van der Waals surface area (Å²) in [7, 11) is 0. The maximum atomic E-state index is 3.40. The van der Waals surface area contributed by atoms with Crippen LogP contribution in [0.4, 0.5) is 5.69 Å². The number of para-hydroxylation sites is 1. The van der Waals surface area contributed by atoms with Crippen molar-refractivity contribution in [2.45, 2.75) is 11.8 Å². The van der Waals surface area contributed by atoms with Crippen LogP contribution in [0.15, 0.2) is 52.3 Å². The molecule has 0 unspecified atom stereocenters. The average Bonchev–Trinajstić information content (AvgIpc) is 2.26. The van der Waals surface area contributed by atoms with Gasteiger partial charge in [0.15, 0.2) is 0 Å². The highest BCUT2D eigenvalue weighted by Gasteiger charge is 2.10. The standard InChI is InChI=1S/C12H13NS/c1-2-3-6-10-9-13-11-7-4-5-8-12(11)14-10/h2-8,13H,9H2,1H3/b3-2-,10-6+. The predicted octanol–water partition coefficient (Wildman–Crippen LogP) is 3.66. The van der Waals surface area contributed by atoms with Crippen molar-refractivity contribution < 1.29 is 0 Å². The molecule has 2 rings (SSSR count). The molecular formula is C12H13NS. The fourth-order valence-electron chi connectivity index (χ4n) is 1.36. The normalized spacial score (nSPS) is 18.2. The van der Waals surface area contributed by atoms with E-state index in [0.29, 0.717) is 0 Å². The summed E-state index contributed by atoms with van der Waals surface area (Å²) in [6, 6.07) is 8.41. The number of allylic oxidation sites excluding steroid dienone is 3. The third-order valence-electron chi connectivity index (χ3n) is 2.06. The van der Waals surface area contributed by atoms with Crippen molar-refractivity contribution in [3.05, 3.63) is 47.4 Å². The van der Waals surface area contributed by atoms with E-state index in [2.05, 4.69) is 41.7 Å². The number of rotatable bonds is 1. The van der Waals surface area contributed by atoms with Crippen LogP contribution < -0.4 is 5.32 Å². The number of benzene rings is 1. The molecule has 14 heavy (non-hydrogen) atoms. The van der Waals surface area contributed by atoms with Crippen molar-refractivity contribution in [2.24, 2.45) is 0 Å². The molecule has 2 heteroatoms. The fraction of sp³-hybridized carbons (Fsp3) is 0.167. The number of anilines is 1. The monoisotopic (exact) mass is 203 g/mol. The van der Waals surface area contributed by atoms with Crippen molar-refractivity contribution in [3.8, 4) is 0 Å².